The maximum absolute atomic E-state index is 13.6. The third-order valence-electron chi connectivity index (χ3n) is 7.39. The number of carbonyl (C=O) groups is 4. The molecule has 3 amide bonds. The summed E-state index contributed by atoms with van der Waals surface area (Å²) >= 11 is 0. The fraction of sp³-hybridized carbons (Fsp3) is 0.342. The largest absolute Gasteiger partial charge is 0.464 e. The van der Waals surface area contributed by atoms with Gasteiger partial charge in [-0.15, -0.1) is 0 Å². The van der Waals surface area contributed by atoms with Gasteiger partial charge in [-0.05, 0) is 63.8 Å². The van der Waals surface area contributed by atoms with E-state index in [4.69, 9.17) is 14.2 Å². The molecule has 1 aromatic heterocycles. The van der Waals surface area contributed by atoms with E-state index in [-0.39, 0.29) is 25.6 Å². The summed E-state index contributed by atoms with van der Waals surface area (Å²) in [4.78, 5) is 56.9. The summed E-state index contributed by atoms with van der Waals surface area (Å²) in [7, 11) is 0. The molecule has 0 bridgehead atoms. The van der Waals surface area contributed by atoms with Crippen LogP contribution in [0.25, 0.3) is 11.1 Å². The molecule has 0 aliphatic carbocycles. The van der Waals surface area contributed by atoms with Gasteiger partial charge in [-0.2, -0.15) is 0 Å². The van der Waals surface area contributed by atoms with Crippen molar-refractivity contribution in [1.82, 2.24) is 20.2 Å². The molecule has 12 heteroatoms. The number of esters is 1. The smallest absolute Gasteiger partial charge is 0.408 e. The van der Waals surface area contributed by atoms with Crippen LogP contribution in [0.2, 0.25) is 0 Å². The Morgan fingerprint density at radius 2 is 1.46 bits per heavy atom. The number of amides is 3. The quantitative estimate of drug-likeness (QED) is 0.145. The van der Waals surface area contributed by atoms with Gasteiger partial charge in [-0.1, -0.05) is 84.9 Å². The van der Waals surface area contributed by atoms with E-state index in [0.717, 1.165) is 16.7 Å². The normalized spacial score (nSPS) is 12.7. The number of hydrogen-bond acceptors (Lipinski definition) is 8. The average Bonchev–Trinajstić information content (AvgIpc) is 3.52. The first-order valence-electron chi connectivity index (χ1n) is 16.4. The van der Waals surface area contributed by atoms with Crippen LogP contribution >= 0.6 is 0 Å². The van der Waals surface area contributed by atoms with Crippen LogP contribution in [0.1, 0.15) is 58.7 Å². The van der Waals surface area contributed by atoms with Gasteiger partial charge in [0, 0.05) is 6.20 Å². The minimum atomic E-state index is -1.44. The highest BCUT2D eigenvalue weighted by molar-refractivity contribution is 5.98. The summed E-state index contributed by atoms with van der Waals surface area (Å²) in [5.41, 5.74) is 1.36. The van der Waals surface area contributed by atoms with Gasteiger partial charge in [-0.25, -0.2) is 14.6 Å². The Hall–Kier alpha value is -5.49. The second kappa shape index (κ2) is 16.8. The summed E-state index contributed by atoms with van der Waals surface area (Å²) in [6.45, 7) is 10.0. The molecule has 3 N–H and O–H groups in total. The minimum absolute atomic E-state index is 0.138. The fourth-order valence-electron chi connectivity index (χ4n) is 4.90. The first-order chi connectivity index (χ1) is 23.8. The Bertz CT molecular complexity index is 1730. The molecule has 50 heavy (non-hydrogen) atoms. The number of benzene rings is 3. The molecule has 0 spiro atoms. The first-order valence-corrected chi connectivity index (χ1v) is 16.4. The Kier molecular flexibility index (Phi) is 12.5. The molecule has 0 aliphatic rings. The van der Waals surface area contributed by atoms with Crippen molar-refractivity contribution in [2.24, 2.45) is 0 Å². The van der Waals surface area contributed by atoms with Gasteiger partial charge >= 0.3 is 12.1 Å². The lowest BCUT2D eigenvalue weighted by Crippen LogP contribution is -2.59. The number of anilines is 1. The standard InChI is InChI=1S/C38H45N5O7/c1-7-49-34(45)32(29-20-18-28(19-21-29)27-16-12-9-13-17-27)43-22-31(39-25-43)41-33(44)30(24-48-23-26-14-10-8-11-15-26)40-35(46)38(5,6)42-36(47)50-37(2,3)4/h8-22,25,30,32H,7,23-24H2,1-6H3,(H,40,46)(H,41,44)(H,42,47)/t30-,32?/m1/s1. The zero-order valence-electron chi connectivity index (χ0n) is 29.3. The maximum atomic E-state index is 13.6. The second-order valence-electron chi connectivity index (χ2n) is 13.1. The Labute approximate surface area is 292 Å². The highest BCUT2D eigenvalue weighted by Gasteiger charge is 2.35. The molecular formula is C38H45N5O7. The van der Waals surface area contributed by atoms with Gasteiger partial charge < -0.3 is 34.7 Å². The number of rotatable bonds is 14. The molecule has 0 saturated heterocycles. The van der Waals surface area contributed by atoms with E-state index in [2.05, 4.69) is 20.9 Å². The number of nitrogens with zero attached hydrogens (tertiary/aromatic N) is 2. The molecule has 1 heterocycles. The lowest BCUT2D eigenvalue weighted by molar-refractivity contribution is -0.145. The SMILES string of the molecule is CCOC(=O)C(c1ccc(-c2ccccc2)cc1)n1cnc(NC(=O)[C@@H](COCc2ccccc2)NC(=O)C(C)(C)NC(=O)OC(C)(C)C)c1. The Balaban J connectivity index is 1.51. The monoisotopic (exact) mass is 683 g/mol. The van der Waals surface area contributed by atoms with E-state index in [9.17, 15) is 19.2 Å². The molecule has 0 aliphatic heterocycles. The molecule has 264 valence electrons. The summed E-state index contributed by atoms with van der Waals surface area (Å²) in [5, 5.41) is 7.95. The number of carbonyl (C=O) groups excluding carboxylic acids is 4. The topological polar surface area (TPSA) is 150 Å². The van der Waals surface area contributed by atoms with Gasteiger partial charge in [0.1, 0.15) is 17.2 Å². The van der Waals surface area contributed by atoms with Crippen molar-refractivity contribution in [3.8, 4) is 11.1 Å². The summed E-state index contributed by atoms with van der Waals surface area (Å²) in [6, 6.07) is 24.8. The lowest BCUT2D eigenvalue weighted by atomic mass is 10.0. The molecular weight excluding hydrogens is 638 g/mol. The van der Waals surface area contributed by atoms with Crippen molar-refractivity contribution >= 4 is 29.7 Å². The predicted molar refractivity (Wildman–Crippen MR) is 189 cm³/mol. The average molecular weight is 684 g/mol. The molecule has 4 rings (SSSR count). The van der Waals surface area contributed by atoms with Crippen LogP contribution in [-0.2, 0) is 35.2 Å². The van der Waals surface area contributed by atoms with Crippen LogP contribution in [0.3, 0.4) is 0 Å². The molecule has 1 unspecified atom stereocenters. The van der Waals surface area contributed by atoms with E-state index in [1.807, 2.05) is 84.9 Å². The number of alkyl carbamates (subject to hydrolysis) is 1. The van der Waals surface area contributed by atoms with E-state index >= 15 is 0 Å². The van der Waals surface area contributed by atoms with Crippen LogP contribution in [0.4, 0.5) is 10.6 Å². The minimum Gasteiger partial charge on any atom is -0.464 e. The number of nitrogens with one attached hydrogen (secondary N) is 3. The Morgan fingerprint density at radius 1 is 0.840 bits per heavy atom. The molecule has 0 radical (unpaired) electrons. The third-order valence-corrected chi connectivity index (χ3v) is 7.39. The predicted octanol–water partition coefficient (Wildman–Crippen LogP) is 5.65. The van der Waals surface area contributed by atoms with Crippen molar-refractivity contribution in [3.63, 3.8) is 0 Å². The highest BCUT2D eigenvalue weighted by atomic mass is 16.6. The van der Waals surface area contributed by atoms with E-state index in [0.29, 0.717) is 5.56 Å². The molecule has 0 saturated carbocycles. The van der Waals surface area contributed by atoms with Gasteiger partial charge in [0.25, 0.3) is 5.91 Å². The molecule has 3 aromatic carbocycles. The Morgan fingerprint density at radius 3 is 2.08 bits per heavy atom. The summed E-state index contributed by atoms with van der Waals surface area (Å²) in [5.74, 6) is -1.61. The van der Waals surface area contributed by atoms with E-state index in [1.54, 1.807) is 32.3 Å². The van der Waals surface area contributed by atoms with Gasteiger partial charge in [0.05, 0.1) is 26.1 Å². The van der Waals surface area contributed by atoms with Crippen molar-refractivity contribution in [2.45, 2.75) is 71.4 Å². The van der Waals surface area contributed by atoms with Gasteiger partial charge in [-0.3, -0.25) is 9.59 Å². The van der Waals surface area contributed by atoms with E-state index in [1.165, 1.54) is 26.4 Å². The third kappa shape index (κ3) is 10.8. The van der Waals surface area contributed by atoms with Gasteiger partial charge in [0.2, 0.25) is 5.91 Å². The van der Waals surface area contributed by atoms with Crippen molar-refractivity contribution in [2.75, 3.05) is 18.5 Å². The highest BCUT2D eigenvalue weighted by Crippen LogP contribution is 2.26. The van der Waals surface area contributed by atoms with E-state index < -0.39 is 47.1 Å². The zero-order chi connectivity index (χ0) is 36.3. The van der Waals surface area contributed by atoms with Crippen LogP contribution in [0.15, 0.2) is 97.5 Å². The first kappa shape index (κ1) is 37.3. The summed E-state index contributed by atoms with van der Waals surface area (Å²) in [6.07, 6.45) is 2.16. The number of aromatic nitrogens is 2. The number of imidazole rings is 1. The molecule has 12 nitrogen and oxygen atoms in total. The molecule has 4 aromatic rings. The van der Waals surface area contributed by atoms with Crippen LogP contribution in [-0.4, -0.2) is 63.8 Å². The fourth-order valence-corrected chi connectivity index (χ4v) is 4.90. The maximum Gasteiger partial charge on any atom is 0.408 e. The van der Waals surface area contributed by atoms with Crippen molar-refractivity contribution < 1.29 is 33.4 Å². The molecule has 0 fully saturated rings. The van der Waals surface area contributed by atoms with Gasteiger partial charge in [0.15, 0.2) is 11.9 Å². The number of ether oxygens (including phenoxy) is 3. The van der Waals surface area contributed by atoms with Crippen LogP contribution in [0, 0.1) is 0 Å². The zero-order valence-corrected chi connectivity index (χ0v) is 29.3. The van der Waals surface area contributed by atoms with Crippen molar-refractivity contribution in [1.29, 1.82) is 0 Å². The molecule has 2 atom stereocenters. The van der Waals surface area contributed by atoms with Crippen LogP contribution in [0.5, 0.6) is 0 Å². The van der Waals surface area contributed by atoms with Crippen molar-refractivity contribution in [3.05, 3.63) is 109 Å². The lowest BCUT2D eigenvalue weighted by Gasteiger charge is -2.29. The number of hydrogen-bond donors (Lipinski definition) is 3. The summed E-state index contributed by atoms with van der Waals surface area (Å²) < 4.78 is 18.1. The van der Waals surface area contributed by atoms with Crippen LogP contribution < -0.4 is 16.0 Å². The second-order valence-corrected chi connectivity index (χ2v) is 13.1.